The molecule has 0 radical (unpaired) electrons. The van der Waals surface area contributed by atoms with Gasteiger partial charge in [-0.1, -0.05) is 30.3 Å². The van der Waals surface area contributed by atoms with E-state index < -0.39 is 0 Å². The summed E-state index contributed by atoms with van der Waals surface area (Å²) in [7, 11) is 0. The van der Waals surface area contributed by atoms with Crippen LogP contribution in [0.15, 0.2) is 42.9 Å². The standard InChI is InChI=1S/C12H14N2O/c15-9-12-8-14(10-13-12)7-6-11-4-2-1-3-5-11/h1-5,8,10,15H,6-7,9H2. The molecule has 3 nitrogen and oxygen atoms in total. The molecule has 3 heteroatoms. The van der Waals surface area contributed by atoms with Gasteiger partial charge in [0, 0.05) is 12.7 Å². The molecule has 0 amide bonds. The molecule has 1 heterocycles. The Labute approximate surface area is 89.0 Å². The molecule has 0 aliphatic heterocycles. The zero-order valence-electron chi connectivity index (χ0n) is 8.50. The van der Waals surface area contributed by atoms with Crippen LogP contribution >= 0.6 is 0 Å². The lowest BCUT2D eigenvalue weighted by Crippen LogP contribution is -1.98. The van der Waals surface area contributed by atoms with Crippen molar-refractivity contribution in [3.63, 3.8) is 0 Å². The number of aliphatic hydroxyl groups excluding tert-OH is 1. The monoisotopic (exact) mass is 202 g/mol. The Balaban J connectivity index is 1.93. The second-order valence-corrected chi connectivity index (χ2v) is 3.50. The molecular formula is C12H14N2O. The quantitative estimate of drug-likeness (QED) is 0.818. The topological polar surface area (TPSA) is 38.0 Å². The van der Waals surface area contributed by atoms with E-state index >= 15 is 0 Å². The van der Waals surface area contributed by atoms with E-state index in [-0.39, 0.29) is 6.61 Å². The first-order valence-corrected chi connectivity index (χ1v) is 5.04. The molecule has 0 fully saturated rings. The highest BCUT2D eigenvalue weighted by Crippen LogP contribution is 2.02. The minimum atomic E-state index is 0.0122. The van der Waals surface area contributed by atoms with Crippen molar-refractivity contribution in [3.05, 3.63) is 54.1 Å². The molecular weight excluding hydrogens is 188 g/mol. The normalized spacial score (nSPS) is 10.5. The van der Waals surface area contributed by atoms with Crippen molar-refractivity contribution in [2.45, 2.75) is 19.6 Å². The van der Waals surface area contributed by atoms with E-state index in [1.807, 2.05) is 29.0 Å². The first-order valence-electron chi connectivity index (χ1n) is 5.04. The van der Waals surface area contributed by atoms with Gasteiger partial charge in [-0.25, -0.2) is 4.98 Å². The zero-order valence-corrected chi connectivity index (χ0v) is 8.50. The summed E-state index contributed by atoms with van der Waals surface area (Å²) in [5.74, 6) is 0. The lowest BCUT2D eigenvalue weighted by Gasteiger charge is -2.01. The van der Waals surface area contributed by atoms with E-state index in [0.717, 1.165) is 18.7 Å². The number of nitrogens with zero attached hydrogens (tertiary/aromatic N) is 2. The summed E-state index contributed by atoms with van der Waals surface area (Å²) < 4.78 is 2.00. The van der Waals surface area contributed by atoms with Crippen LogP contribution in [0.2, 0.25) is 0 Å². The lowest BCUT2D eigenvalue weighted by atomic mass is 10.1. The van der Waals surface area contributed by atoms with Crippen LogP contribution in [0.1, 0.15) is 11.3 Å². The molecule has 0 aliphatic carbocycles. The fourth-order valence-corrected chi connectivity index (χ4v) is 1.51. The minimum absolute atomic E-state index is 0.0122. The maximum atomic E-state index is 8.86. The molecule has 0 unspecified atom stereocenters. The summed E-state index contributed by atoms with van der Waals surface area (Å²) in [4.78, 5) is 4.06. The van der Waals surface area contributed by atoms with Crippen molar-refractivity contribution in [3.8, 4) is 0 Å². The summed E-state index contributed by atoms with van der Waals surface area (Å²) in [5.41, 5.74) is 2.04. The summed E-state index contributed by atoms with van der Waals surface area (Å²) in [6, 6.07) is 10.3. The van der Waals surface area contributed by atoms with Crippen LogP contribution in [0, 0.1) is 0 Å². The third-order valence-corrected chi connectivity index (χ3v) is 2.35. The molecule has 1 N–H and O–H groups in total. The molecule has 0 saturated carbocycles. The van der Waals surface area contributed by atoms with E-state index in [1.54, 1.807) is 6.33 Å². The van der Waals surface area contributed by atoms with Gasteiger partial charge in [0.1, 0.15) is 0 Å². The van der Waals surface area contributed by atoms with Crippen LogP contribution in [-0.2, 0) is 19.6 Å². The fraction of sp³-hybridized carbons (Fsp3) is 0.250. The molecule has 15 heavy (non-hydrogen) atoms. The number of rotatable bonds is 4. The number of aryl methyl sites for hydroxylation is 2. The summed E-state index contributed by atoms with van der Waals surface area (Å²) in [6.45, 7) is 0.912. The molecule has 1 aromatic heterocycles. The largest absolute Gasteiger partial charge is 0.390 e. The van der Waals surface area contributed by atoms with Crippen molar-refractivity contribution >= 4 is 0 Å². The maximum absolute atomic E-state index is 8.86. The Hall–Kier alpha value is -1.61. The summed E-state index contributed by atoms with van der Waals surface area (Å²) in [5, 5.41) is 8.86. The van der Waals surface area contributed by atoms with Gasteiger partial charge in [0.05, 0.1) is 18.6 Å². The molecule has 0 spiro atoms. The van der Waals surface area contributed by atoms with Gasteiger partial charge in [-0.05, 0) is 12.0 Å². The molecule has 1 aromatic carbocycles. The average Bonchev–Trinajstić information content (AvgIpc) is 2.76. The molecule has 0 saturated heterocycles. The SMILES string of the molecule is OCc1cn(CCc2ccccc2)cn1. The van der Waals surface area contributed by atoms with Crippen molar-refractivity contribution in [1.82, 2.24) is 9.55 Å². The third-order valence-electron chi connectivity index (χ3n) is 2.35. The van der Waals surface area contributed by atoms with Crippen molar-refractivity contribution in [1.29, 1.82) is 0 Å². The van der Waals surface area contributed by atoms with Gasteiger partial charge in [0.15, 0.2) is 0 Å². The molecule has 78 valence electrons. The average molecular weight is 202 g/mol. The molecule has 0 bridgehead atoms. The van der Waals surface area contributed by atoms with Crippen LogP contribution in [0.4, 0.5) is 0 Å². The zero-order chi connectivity index (χ0) is 10.5. The Kier molecular flexibility index (Phi) is 3.15. The van der Waals surface area contributed by atoms with Gasteiger partial charge in [-0.15, -0.1) is 0 Å². The van der Waals surface area contributed by atoms with E-state index in [0.29, 0.717) is 0 Å². The van der Waals surface area contributed by atoms with Crippen LogP contribution in [0.5, 0.6) is 0 Å². The van der Waals surface area contributed by atoms with E-state index in [4.69, 9.17) is 5.11 Å². The molecule has 0 aliphatic rings. The Bertz CT molecular complexity index is 409. The minimum Gasteiger partial charge on any atom is -0.390 e. The molecule has 0 atom stereocenters. The van der Waals surface area contributed by atoms with Crippen LogP contribution < -0.4 is 0 Å². The van der Waals surface area contributed by atoms with Gasteiger partial charge in [0.25, 0.3) is 0 Å². The van der Waals surface area contributed by atoms with Crippen LogP contribution in [0.3, 0.4) is 0 Å². The van der Waals surface area contributed by atoms with E-state index in [2.05, 4.69) is 17.1 Å². The number of aliphatic hydroxyl groups is 1. The smallest absolute Gasteiger partial charge is 0.0950 e. The van der Waals surface area contributed by atoms with E-state index in [9.17, 15) is 0 Å². The second-order valence-electron chi connectivity index (χ2n) is 3.50. The lowest BCUT2D eigenvalue weighted by molar-refractivity contribution is 0.277. The highest BCUT2D eigenvalue weighted by Gasteiger charge is 1.97. The number of hydrogen-bond donors (Lipinski definition) is 1. The van der Waals surface area contributed by atoms with Gasteiger partial charge < -0.3 is 9.67 Å². The van der Waals surface area contributed by atoms with Gasteiger partial charge in [-0.2, -0.15) is 0 Å². The fourth-order valence-electron chi connectivity index (χ4n) is 1.51. The molecule has 2 rings (SSSR count). The van der Waals surface area contributed by atoms with Crippen molar-refractivity contribution < 1.29 is 5.11 Å². The van der Waals surface area contributed by atoms with Gasteiger partial charge in [0.2, 0.25) is 0 Å². The van der Waals surface area contributed by atoms with Gasteiger partial charge >= 0.3 is 0 Å². The van der Waals surface area contributed by atoms with Crippen LogP contribution in [0.25, 0.3) is 0 Å². The highest BCUT2D eigenvalue weighted by molar-refractivity contribution is 5.14. The maximum Gasteiger partial charge on any atom is 0.0950 e. The number of aromatic nitrogens is 2. The van der Waals surface area contributed by atoms with E-state index in [1.165, 1.54) is 5.56 Å². The van der Waals surface area contributed by atoms with Crippen molar-refractivity contribution in [2.75, 3.05) is 0 Å². The number of imidazole rings is 1. The Morgan fingerprint density at radius 3 is 2.67 bits per heavy atom. The van der Waals surface area contributed by atoms with Gasteiger partial charge in [-0.3, -0.25) is 0 Å². The van der Waals surface area contributed by atoms with Crippen molar-refractivity contribution in [2.24, 2.45) is 0 Å². The predicted molar refractivity (Wildman–Crippen MR) is 58.3 cm³/mol. The molecule has 2 aromatic rings. The number of benzene rings is 1. The third kappa shape index (κ3) is 2.67. The second kappa shape index (κ2) is 4.75. The first-order chi connectivity index (χ1) is 7.38. The summed E-state index contributed by atoms with van der Waals surface area (Å²) in [6.07, 6.45) is 4.62. The Morgan fingerprint density at radius 1 is 1.20 bits per heavy atom. The summed E-state index contributed by atoms with van der Waals surface area (Å²) >= 11 is 0. The van der Waals surface area contributed by atoms with Crippen LogP contribution in [-0.4, -0.2) is 14.7 Å². The first kappa shape index (κ1) is 9.93. The Morgan fingerprint density at radius 2 is 2.00 bits per heavy atom. The number of hydrogen-bond acceptors (Lipinski definition) is 2. The predicted octanol–water partition coefficient (Wildman–Crippen LogP) is 1.62. The highest BCUT2D eigenvalue weighted by atomic mass is 16.3.